The van der Waals surface area contributed by atoms with Crippen molar-refractivity contribution in [1.29, 1.82) is 0 Å². The first-order chi connectivity index (χ1) is 14.9. The summed E-state index contributed by atoms with van der Waals surface area (Å²) in [6.45, 7) is 2.38. The van der Waals surface area contributed by atoms with Gasteiger partial charge in [-0.2, -0.15) is 0 Å². The van der Waals surface area contributed by atoms with E-state index in [1.807, 2.05) is 11.1 Å². The minimum Gasteiger partial charge on any atom is -0.502 e. The average Bonchev–Trinajstić information content (AvgIpc) is 2.92. The molecule has 1 aromatic carbocycles. The fourth-order valence-electron chi connectivity index (χ4n) is 4.73. The Hall–Kier alpha value is -3.00. The lowest BCUT2D eigenvalue weighted by Crippen LogP contribution is -2.54. The van der Waals surface area contributed by atoms with Crippen LogP contribution < -0.4 is 10.4 Å². The number of fused-ring (bicyclic) bond motifs is 2. The number of aromatic nitrogens is 1. The molecule has 0 saturated carbocycles. The number of hydrogen-bond donors (Lipinski definition) is 1. The van der Waals surface area contributed by atoms with Crippen molar-refractivity contribution in [2.75, 3.05) is 24.5 Å². The Labute approximate surface area is 183 Å². The molecular weight excluding hydrogens is 417 g/mol. The maximum Gasteiger partial charge on any atom is 0.277 e. The van der Waals surface area contributed by atoms with Crippen LogP contribution in [0.2, 0.25) is 0 Å². The average molecular weight is 440 g/mol. The lowest BCUT2D eigenvalue weighted by molar-refractivity contribution is 0.0725. The van der Waals surface area contributed by atoms with Crippen LogP contribution in [0.5, 0.6) is 5.75 Å². The lowest BCUT2D eigenvalue weighted by Gasteiger charge is -2.45. The number of aromatic hydroxyl groups is 1. The van der Waals surface area contributed by atoms with Gasteiger partial charge in [0.1, 0.15) is 12.5 Å². The Morgan fingerprint density at radius 3 is 2.84 bits per heavy atom. The molecule has 0 fully saturated rings. The van der Waals surface area contributed by atoms with Crippen molar-refractivity contribution >= 4 is 17.7 Å². The van der Waals surface area contributed by atoms with Gasteiger partial charge in [0.2, 0.25) is 5.43 Å². The second kappa shape index (κ2) is 7.30. The standard InChI is InChI=1S/C23H22FN3O3S/c1-13-5-3-6-14-11-31-22-15(7-4-8-16(22)24)19(18(13)14)27-12-25(2)23(30)20-21(29)17(28)9-10-26(20)27/h3-4,6-10,13,19,29H,5,11-12H2,1-2H3. The molecule has 0 bridgehead atoms. The van der Waals surface area contributed by atoms with Gasteiger partial charge in [-0.1, -0.05) is 31.2 Å². The fourth-order valence-corrected chi connectivity index (χ4v) is 5.84. The number of benzene rings is 1. The molecule has 5 rings (SSSR count). The summed E-state index contributed by atoms with van der Waals surface area (Å²) in [5.41, 5.74) is 2.47. The summed E-state index contributed by atoms with van der Waals surface area (Å²) in [6, 6.07) is 6.00. The number of hydrogen-bond acceptors (Lipinski definition) is 5. The number of allylic oxidation sites excluding steroid dienone is 2. The normalized spacial score (nSPS) is 22.7. The highest BCUT2D eigenvalue weighted by molar-refractivity contribution is 7.99. The quantitative estimate of drug-likeness (QED) is 0.738. The monoisotopic (exact) mass is 439 g/mol. The molecule has 1 aromatic heterocycles. The predicted molar refractivity (Wildman–Crippen MR) is 117 cm³/mol. The summed E-state index contributed by atoms with van der Waals surface area (Å²) >= 11 is 1.48. The van der Waals surface area contributed by atoms with Crippen molar-refractivity contribution in [1.82, 2.24) is 9.58 Å². The van der Waals surface area contributed by atoms with E-state index in [0.717, 1.165) is 17.6 Å². The van der Waals surface area contributed by atoms with E-state index in [4.69, 9.17) is 0 Å². The van der Waals surface area contributed by atoms with Crippen LogP contribution in [0.25, 0.3) is 0 Å². The zero-order valence-corrected chi connectivity index (χ0v) is 18.0. The highest BCUT2D eigenvalue weighted by Gasteiger charge is 2.40. The molecule has 2 aromatic rings. The molecule has 160 valence electrons. The molecule has 8 heteroatoms. The van der Waals surface area contributed by atoms with E-state index >= 15 is 0 Å². The molecule has 31 heavy (non-hydrogen) atoms. The first kappa shape index (κ1) is 19.9. The molecule has 3 heterocycles. The number of nitrogens with zero attached hydrogens (tertiary/aromatic N) is 3. The molecule has 2 atom stereocenters. The van der Waals surface area contributed by atoms with Crippen LogP contribution in [-0.4, -0.2) is 40.1 Å². The van der Waals surface area contributed by atoms with Gasteiger partial charge in [0, 0.05) is 30.0 Å². The summed E-state index contributed by atoms with van der Waals surface area (Å²) in [6.07, 6.45) is 6.65. The predicted octanol–water partition coefficient (Wildman–Crippen LogP) is 3.41. The molecule has 0 spiro atoms. The van der Waals surface area contributed by atoms with Gasteiger partial charge in [-0.05, 0) is 35.1 Å². The zero-order valence-electron chi connectivity index (χ0n) is 17.2. The van der Waals surface area contributed by atoms with Gasteiger partial charge < -0.3 is 10.0 Å². The van der Waals surface area contributed by atoms with Crippen molar-refractivity contribution in [2.24, 2.45) is 5.92 Å². The first-order valence-corrected chi connectivity index (χ1v) is 11.1. The summed E-state index contributed by atoms with van der Waals surface area (Å²) in [5, 5.41) is 12.4. The Morgan fingerprint density at radius 2 is 2.03 bits per heavy atom. The second-order valence-corrected chi connectivity index (χ2v) is 9.16. The van der Waals surface area contributed by atoms with Gasteiger partial charge in [0.05, 0.1) is 6.04 Å². The van der Waals surface area contributed by atoms with E-state index < -0.39 is 17.1 Å². The van der Waals surface area contributed by atoms with Gasteiger partial charge >= 0.3 is 0 Å². The first-order valence-electron chi connectivity index (χ1n) is 10.2. The third kappa shape index (κ3) is 3.00. The molecule has 3 aliphatic rings. The van der Waals surface area contributed by atoms with Gasteiger partial charge in [-0.25, -0.2) is 4.39 Å². The maximum absolute atomic E-state index is 14.9. The highest BCUT2D eigenvalue weighted by atomic mass is 32.2. The van der Waals surface area contributed by atoms with Crippen LogP contribution in [0, 0.1) is 11.7 Å². The van der Waals surface area contributed by atoms with Gasteiger partial charge in [0.25, 0.3) is 5.91 Å². The number of amides is 1. The number of thioether (sulfide) groups is 1. The number of carbonyl (C=O) groups is 1. The minimum absolute atomic E-state index is 0.0720. The van der Waals surface area contributed by atoms with E-state index in [1.54, 1.807) is 17.8 Å². The molecule has 2 unspecified atom stereocenters. The Kier molecular flexibility index (Phi) is 4.69. The highest BCUT2D eigenvalue weighted by Crippen LogP contribution is 2.47. The van der Waals surface area contributed by atoms with Crippen molar-refractivity contribution < 1.29 is 14.3 Å². The maximum atomic E-state index is 14.9. The van der Waals surface area contributed by atoms with Crippen molar-refractivity contribution in [3.8, 4) is 5.75 Å². The minimum atomic E-state index is -0.605. The van der Waals surface area contributed by atoms with Crippen LogP contribution in [-0.2, 0) is 0 Å². The SMILES string of the molecule is CC1CC=CC2=C1C(N1CN(C)C(=O)c3c(O)c(=O)ccn31)c1cccc(F)c1SC2. The number of rotatable bonds is 1. The molecule has 6 nitrogen and oxygen atoms in total. The van der Waals surface area contributed by atoms with Crippen LogP contribution in [0.4, 0.5) is 4.39 Å². The van der Waals surface area contributed by atoms with Crippen LogP contribution in [0.15, 0.2) is 63.5 Å². The van der Waals surface area contributed by atoms with Gasteiger partial charge in [-0.15, -0.1) is 11.8 Å². The molecule has 1 aliphatic carbocycles. The fraction of sp³-hybridized carbons (Fsp3) is 0.304. The van der Waals surface area contributed by atoms with E-state index in [2.05, 4.69) is 19.1 Å². The van der Waals surface area contributed by atoms with E-state index in [1.165, 1.54) is 40.6 Å². The van der Waals surface area contributed by atoms with E-state index in [0.29, 0.717) is 10.6 Å². The summed E-state index contributed by atoms with van der Waals surface area (Å²) in [5.74, 6) is -0.393. The number of halogens is 1. The van der Waals surface area contributed by atoms with E-state index in [9.17, 15) is 19.1 Å². The Balaban J connectivity index is 1.80. The molecule has 2 aliphatic heterocycles. The zero-order chi connectivity index (χ0) is 21.9. The second-order valence-electron chi connectivity index (χ2n) is 8.17. The third-order valence-corrected chi connectivity index (χ3v) is 7.38. The van der Waals surface area contributed by atoms with Gasteiger partial charge in [-0.3, -0.25) is 19.3 Å². The smallest absolute Gasteiger partial charge is 0.277 e. The third-order valence-electron chi connectivity index (χ3n) is 6.20. The number of carbonyl (C=O) groups excluding carboxylic acids is 1. The Morgan fingerprint density at radius 1 is 1.23 bits per heavy atom. The summed E-state index contributed by atoms with van der Waals surface area (Å²) < 4.78 is 16.4. The molecule has 0 radical (unpaired) electrons. The Bertz CT molecular complexity index is 1220. The van der Waals surface area contributed by atoms with Crippen LogP contribution >= 0.6 is 11.8 Å². The van der Waals surface area contributed by atoms with Crippen LogP contribution in [0.3, 0.4) is 0 Å². The molecular formula is C23H22FN3O3S. The van der Waals surface area contributed by atoms with Gasteiger partial charge in [0.15, 0.2) is 11.4 Å². The topological polar surface area (TPSA) is 65.8 Å². The molecule has 0 saturated heterocycles. The van der Waals surface area contributed by atoms with Crippen LogP contribution in [0.1, 0.15) is 35.4 Å². The molecule has 1 N–H and O–H groups in total. The largest absolute Gasteiger partial charge is 0.502 e. The summed E-state index contributed by atoms with van der Waals surface area (Å²) in [7, 11) is 1.63. The van der Waals surface area contributed by atoms with Crippen molar-refractivity contribution in [3.63, 3.8) is 0 Å². The van der Waals surface area contributed by atoms with E-state index in [-0.39, 0.29) is 30.1 Å². The summed E-state index contributed by atoms with van der Waals surface area (Å²) in [4.78, 5) is 27.0. The molecule has 1 amide bonds. The number of pyridine rings is 1. The van der Waals surface area contributed by atoms with Crippen molar-refractivity contribution in [2.45, 2.75) is 24.3 Å². The van der Waals surface area contributed by atoms with Crippen molar-refractivity contribution in [3.05, 3.63) is 81.1 Å². The lowest BCUT2D eigenvalue weighted by atomic mass is 9.81.